The van der Waals surface area contributed by atoms with Crippen molar-refractivity contribution in [3.8, 4) is 0 Å². The van der Waals surface area contributed by atoms with Crippen molar-refractivity contribution in [1.29, 1.82) is 0 Å². The second kappa shape index (κ2) is 8.97. The van der Waals surface area contributed by atoms with E-state index in [4.69, 9.17) is 4.74 Å². The standard InChI is InChI=1S/C16H32O/c1-3-4-5-6-7-8-9-10-13-16(2)14-11-12-15-17-16/h3-15H2,1-2H3/t16-/m1/s1. The fraction of sp³-hybridized carbons (Fsp3) is 1.00. The molecule has 0 aromatic heterocycles. The Morgan fingerprint density at radius 3 is 2.12 bits per heavy atom. The zero-order valence-corrected chi connectivity index (χ0v) is 12.1. The van der Waals surface area contributed by atoms with Crippen molar-refractivity contribution in [3.05, 3.63) is 0 Å². The molecule has 0 amide bonds. The van der Waals surface area contributed by atoms with Crippen molar-refractivity contribution >= 4 is 0 Å². The third-order valence-corrected chi connectivity index (χ3v) is 4.11. The van der Waals surface area contributed by atoms with Crippen LogP contribution in [0.5, 0.6) is 0 Å². The second-order valence-corrected chi connectivity index (χ2v) is 5.98. The highest BCUT2D eigenvalue weighted by Gasteiger charge is 2.26. The topological polar surface area (TPSA) is 9.23 Å². The lowest BCUT2D eigenvalue weighted by Gasteiger charge is -2.34. The molecule has 1 heteroatoms. The highest BCUT2D eigenvalue weighted by Crippen LogP contribution is 2.29. The van der Waals surface area contributed by atoms with Gasteiger partial charge in [0.15, 0.2) is 0 Å². The molecule has 1 rings (SSSR count). The molecule has 1 atom stereocenters. The smallest absolute Gasteiger partial charge is 0.0654 e. The summed E-state index contributed by atoms with van der Waals surface area (Å²) >= 11 is 0. The minimum absolute atomic E-state index is 0.223. The fourth-order valence-corrected chi connectivity index (χ4v) is 2.82. The Labute approximate surface area is 108 Å². The normalized spacial score (nSPS) is 25.1. The Kier molecular flexibility index (Phi) is 7.92. The Morgan fingerprint density at radius 2 is 1.53 bits per heavy atom. The van der Waals surface area contributed by atoms with Gasteiger partial charge in [-0.1, -0.05) is 58.3 Å². The van der Waals surface area contributed by atoms with Gasteiger partial charge in [-0.05, 0) is 32.6 Å². The maximum Gasteiger partial charge on any atom is 0.0654 e. The number of hydrogen-bond acceptors (Lipinski definition) is 1. The third kappa shape index (κ3) is 7.08. The lowest BCUT2D eigenvalue weighted by molar-refractivity contribution is -0.0713. The Hall–Kier alpha value is -0.0400. The van der Waals surface area contributed by atoms with Gasteiger partial charge in [0.25, 0.3) is 0 Å². The predicted molar refractivity (Wildman–Crippen MR) is 75.4 cm³/mol. The van der Waals surface area contributed by atoms with Gasteiger partial charge < -0.3 is 4.74 Å². The molecule has 0 aromatic rings. The number of ether oxygens (including phenoxy) is 1. The van der Waals surface area contributed by atoms with E-state index in [0.29, 0.717) is 0 Å². The van der Waals surface area contributed by atoms with Gasteiger partial charge >= 0.3 is 0 Å². The van der Waals surface area contributed by atoms with Crippen LogP contribution < -0.4 is 0 Å². The quantitative estimate of drug-likeness (QED) is 0.485. The largest absolute Gasteiger partial charge is 0.375 e. The summed E-state index contributed by atoms with van der Waals surface area (Å²) in [5, 5.41) is 0. The van der Waals surface area contributed by atoms with Crippen molar-refractivity contribution in [3.63, 3.8) is 0 Å². The van der Waals surface area contributed by atoms with Gasteiger partial charge in [0.2, 0.25) is 0 Å². The first kappa shape index (κ1) is 15.0. The summed E-state index contributed by atoms with van der Waals surface area (Å²) in [6, 6.07) is 0. The minimum atomic E-state index is 0.223. The lowest BCUT2D eigenvalue weighted by atomic mass is 9.90. The third-order valence-electron chi connectivity index (χ3n) is 4.11. The van der Waals surface area contributed by atoms with E-state index in [1.807, 2.05) is 0 Å². The fourth-order valence-electron chi connectivity index (χ4n) is 2.82. The summed E-state index contributed by atoms with van der Waals surface area (Å²) in [6.07, 6.45) is 16.5. The molecule has 0 aliphatic carbocycles. The van der Waals surface area contributed by atoms with Gasteiger partial charge in [-0.15, -0.1) is 0 Å². The van der Waals surface area contributed by atoms with Crippen molar-refractivity contribution in [1.82, 2.24) is 0 Å². The number of unbranched alkanes of at least 4 members (excludes halogenated alkanes) is 7. The number of hydrogen-bond donors (Lipinski definition) is 0. The highest BCUT2D eigenvalue weighted by atomic mass is 16.5. The molecule has 102 valence electrons. The molecule has 1 saturated heterocycles. The summed E-state index contributed by atoms with van der Waals surface area (Å²) in [5.74, 6) is 0. The Morgan fingerprint density at radius 1 is 0.882 bits per heavy atom. The van der Waals surface area contributed by atoms with Crippen LogP contribution in [0.15, 0.2) is 0 Å². The van der Waals surface area contributed by atoms with E-state index in [0.717, 1.165) is 6.61 Å². The van der Waals surface area contributed by atoms with Crippen LogP contribution in [-0.4, -0.2) is 12.2 Å². The van der Waals surface area contributed by atoms with Crippen LogP contribution in [0.3, 0.4) is 0 Å². The molecule has 1 fully saturated rings. The molecule has 0 bridgehead atoms. The molecule has 0 spiro atoms. The zero-order valence-electron chi connectivity index (χ0n) is 12.1. The van der Waals surface area contributed by atoms with Gasteiger partial charge in [-0.3, -0.25) is 0 Å². The average molecular weight is 240 g/mol. The molecule has 0 N–H and O–H groups in total. The van der Waals surface area contributed by atoms with E-state index in [1.54, 1.807) is 0 Å². The van der Waals surface area contributed by atoms with E-state index in [9.17, 15) is 0 Å². The molecule has 1 nitrogen and oxygen atoms in total. The molecule has 1 heterocycles. The maximum absolute atomic E-state index is 5.93. The van der Waals surface area contributed by atoms with Gasteiger partial charge in [-0.25, -0.2) is 0 Å². The van der Waals surface area contributed by atoms with Crippen molar-refractivity contribution < 1.29 is 4.74 Å². The number of rotatable bonds is 9. The van der Waals surface area contributed by atoms with E-state index < -0.39 is 0 Å². The minimum Gasteiger partial charge on any atom is -0.375 e. The Balaban J connectivity index is 1.89. The first-order valence-corrected chi connectivity index (χ1v) is 7.91. The molecule has 1 aliphatic heterocycles. The van der Waals surface area contributed by atoms with E-state index in [2.05, 4.69) is 13.8 Å². The highest BCUT2D eigenvalue weighted by molar-refractivity contribution is 4.78. The van der Waals surface area contributed by atoms with Crippen molar-refractivity contribution in [2.45, 2.75) is 96.5 Å². The molecule has 0 saturated carbocycles. The van der Waals surface area contributed by atoms with Gasteiger partial charge in [0.05, 0.1) is 5.60 Å². The SMILES string of the molecule is CCCCCCCCCC[C@]1(C)CCCCO1. The van der Waals surface area contributed by atoms with Gasteiger partial charge in [0, 0.05) is 6.61 Å². The van der Waals surface area contributed by atoms with Crippen LogP contribution in [0.2, 0.25) is 0 Å². The summed E-state index contributed by atoms with van der Waals surface area (Å²) < 4.78 is 5.93. The molecule has 17 heavy (non-hydrogen) atoms. The molecular weight excluding hydrogens is 208 g/mol. The molecular formula is C16H32O. The van der Waals surface area contributed by atoms with Crippen LogP contribution in [-0.2, 0) is 4.74 Å². The monoisotopic (exact) mass is 240 g/mol. The van der Waals surface area contributed by atoms with Crippen LogP contribution in [0, 0.1) is 0 Å². The van der Waals surface area contributed by atoms with Crippen molar-refractivity contribution in [2.75, 3.05) is 6.61 Å². The predicted octanol–water partition coefficient (Wildman–Crippen LogP) is 5.48. The maximum atomic E-state index is 5.93. The zero-order chi connectivity index (χ0) is 12.4. The van der Waals surface area contributed by atoms with E-state index in [-0.39, 0.29) is 5.60 Å². The van der Waals surface area contributed by atoms with Gasteiger partial charge in [-0.2, -0.15) is 0 Å². The van der Waals surface area contributed by atoms with Crippen LogP contribution >= 0.6 is 0 Å². The van der Waals surface area contributed by atoms with E-state index >= 15 is 0 Å². The average Bonchev–Trinajstić information content (AvgIpc) is 2.33. The first-order valence-electron chi connectivity index (χ1n) is 7.91. The molecule has 0 aromatic carbocycles. The Bertz CT molecular complexity index is 170. The van der Waals surface area contributed by atoms with Crippen molar-refractivity contribution in [2.24, 2.45) is 0 Å². The molecule has 1 aliphatic rings. The summed E-state index contributed by atoms with van der Waals surface area (Å²) in [6.45, 7) is 5.59. The molecule has 0 radical (unpaired) electrons. The first-order chi connectivity index (χ1) is 8.27. The van der Waals surface area contributed by atoms with Crippen LogP contribution in [0.25, 0.3) is 0 Å². The summed E-state index contributed by atoms with van der Waals surface area (Å²) in [4.78, 5) is 0. The second-order valence-electron chi connectivity index (χ2n) is 5.98. The lowest BCUT2D eigenvalue weighted by Crippen LogP contribution is -2.32. The summed E-state index contributed by atoms with van der Waals surface area (Å²) in [5.41, 5.74) is 0.223. The summed E-state index contributed by atoms with van der Waals surface area (Å²) in [7, 11) is 0. The van der Waals surface area contributed by atoms with Gasteiger partial charge in [0.1, 0.15) is 0 Å². The molecule has 0 unspecified atom stereocenters. The van der Waals surface area contributed by atoms with Crippen LogP contribution in [0.4, 0.5) is 0 Å². The van der Waals surface area contributed by atoms with Crippen LogP contribution in [0.1, 0.15) is 90.9 Å². The van der Waals surface area contributed by atoms with E-state index in [1.165, 1.54) is 77.0 Å².